The second kappa shape index (κ2) is 7.09. The van der Waals surface area contributed by atoms with Crippen LogP contribution in [0.1, 0.15) is 48.6 Å². The Kier molecular flexibility index (Phi) is 5.24. The highest BCUT2D eigenvalue weighted by Gasteiger charge is 2.52. The third-order valence-electron chi connectivity index (χ3n) is 4.81. The van der Waals surface area contributed by atoms with Crippen molar-refractivity contribution in [3.8, 4) is 0 Å². The summed E-state index contributed by atoms with van der Waals surface area (Å²) >= 11 is 0. The maximum Gasteiger partial charge on any atom is 0.416 e. The molecule has 0 N–H and O–H groups in total. The van der Waals surface area contributed by atoms with Gasteiger partial charge in [-0.2, -0.15) is 13.2 Å². The lowest BCUT2D eigenvalue weighted by molar-refractivity contribution is -0.137. The van der Waals surface area contributed by atoms with Gasteiger partial charge in [-0.15, -0.1) is 0 Å². The summed E-state index contributed by atoms with van der Waals surface area (Å²) in [5.74, 6) is 0.114. The molecule has 0 aromatic heterocycles. The van der Waals surface area contributed by atoms with Crippen molar-refractivity contribution in [3.05, 3.63) is 70.3 Å². The molecule has 2 aromatic carbocycles. The number of hydrogen-bond donors (Lipinski definition) is 0. The van der Waals surface area contributed by atoms with Gasteiger partial charge in [0.1, 0.15) is 10.9 Å². The first-order valence-electron chi connectivity index (χ1n) is 8.92. The molecule has 0 spiro atoms. The molecule has 0 amide bonds. The molecular weight excluding hydrogens is 388 g/mol. The minimum atomic E-state index is -4.49. The van der Waals surface area contributed by atoms with Crippen LogP contribution >= 0.6 is 7.60 Å². The molecule has 28 heavy (non-hydrogen) atoms. The van der Waals surface area contributed by atoms with Gasteiger partial charge in [0.2, 0.25) is 0 Å². The van der Waals surface area contributed by atoms with Gasteiger partial charge in [0, 0.05) is 5.56 Å². The maximum absolute atomic E-state index is 13.5. The third kappa shape index (κ3) is 3.63. The molecule has 0 saturated carbocycles. The van der Waals surface area contributed by atoms with E-state index < -0.39 is 24.5 Å². The Hall–Kier alpha value is -2.04. The van der Waals surface area contributed by atoms with Gasteiger partial charge in [0.05, 0.1) is 12.2 Å². The van der Waals surface area contributed by atoms with Gasteiger partial charge in [-0.3, -0.25) is 4.52 Å². The standard InChI is InChI=1S/C21H22F3O3P/c1-5-26-28(25)20(3,4)18-10-9-16(21(22,23)24)13-17(18)19(27-28)12-15-8-6-7-14(2)11-15/h6-13H,5H2,1-4H3/b19-12-. The van der Waals surface area contributed by atoms with Crippen molar-refractivity contribution in [2.45, 2.75) is 39.0 Å². The van der Waals surface area contributed by atoms with E-state index in [9.17, 15) is 17.7 Å². The average Bonchev–Trinajstić information content (AvgIpc) is 2.59. The highest BCUT2D eigenvalue weighted by molar-refractivity contribution is 7.55. The number of halogens is 3. The predicted molar refractivity (Wildman–Crippen MR) is 104 cm³/mol. The maximum atomic E-state index is 13.5. The van der Waals surface area contributed by atoms with E-state index >= 15 is 0 Å². The fraction of sp³-hybridized carbons (Fsp3) is 0.333. The lowest BCUT2D eigenvalue weighted by Gasteiger charge is -2.40. The van der Waals surface area contributed by atoms with Crippen LogP contribution in [0.25, 0.3) is 11.8 Å². The summed E-state index contributed by atoms with van der Waals surface area (Å²) in [4.78, 5) is 0. The minimum Gasteiger partial charge on any atom is -0.423 e. The minimum absolute atomic E-state index is 0.114. The molecule has 0 radical (unpaired) electrons. The summed E-state index contributed by atoms with van der Waals surface area (Å²) < 4.78 is 64.7. The van der Waals surface area contributed by atoms with Crippen LogP contribution in [0.3, 0.4) is 0 Å². The predicted octanol–water partition coefficient (Wildman–Crippen LogP) is 7.01. The summed E-state index contributed by atoms with van der Waals surface area (Å²) in [5.41, 5.74) is 1.72. The number of fused-ring (bicyclic) bond motifs is 1. The van der Waals surface area contributed by atoms with E-state index in [1.54, 1.807) is 26.8 Å². The molecule has 1 unspecified atom stereocenters. The van der Waals surface area contributed by atoms with Gasteiger partial charge >= 0.3 is 13.8 Å². The molecule has 7 heteroatoms. The van der Waals surface area contributed by atoms with Crippen molar-refractivity contribution in [2.75, 3.05) is 6.61 Å². The molecule has 2 aromatic rings. The molecule has 0 fully saturated rings. The Labute approximate surface area is 162 Å². The van der Waals surface area contributed by atoms with E-state index in [0.717, 1.165) is 23.3 Å². The summed E-state index contributed by atoms with van der Waals surface area (Å²) in [5, 5.41) is -1.09. The van der Waals surface area contributed by atoms with Crippen LogP contribution in [-0.4, -0.2) is 6.61 Å². The van der Waals surface area contributed by atoms with Crippen LogP contribution < -0.4 is 0 Å². The number of rotatable bonds is 3. The second-order valence-electron chi connectivity index (χ2n) is 7.25. The quantitative estimate of drug-likeness (QED) is 0.511. The zero-order valence-corrected chi connectivity index (χ0v) is 17.0. The monoisotopic (exact) mass is 410 g/mol. The van der Waals surface area contributed by atoms with Crippen molar-refractivity contribution in [3.63, 3.8) is 0 Å². The van der Waals surface area contributed by atoms with Crippen LogP contribution in [0.15, 0.2) is 42.5 Å². The Balaban J connectivity index is 2.26. The van der Waals surface area contributed by atoms with Crippen molar-refractivity contribution < 1.29 is 26.8 Å². The summed E-state index contributed by atoms with van der Waals surface area (Å²) in [6.07, 6.45) is -2.89. The fourth-order valence-corrected chi connectivity index (χ4v) is 5.11. The van der Waals surface area contributed by atoms with Crippen LogP contribution in [0.2, 0.25) is 0 Å². The average molecular weight is 410 g/mol. The molecule has 3 nitrogen and oxygen atoms in total. The molecule has 1 heterocycles. The highest BCUT2D eigenvalue weighted by atomic mass is 31.2. The molecular formula is C21H22F3O3P. The molecule has 150 valence electrons. The molecule has 1 atom stereocenters. The largest absolute Gasteiger partial charge is 0.423 e. The van der Waals surface area contributed by atoms with Gasteiger partial charge in [-0.05, 0) is 57.0 Å². The third-order valence-corrected chi connectivity index (χ3v) is 7.46. The zero-order chi connectivity index (χ0) is 20.7. The first-order chi connectivity index (χ1) is 13.0. The lowest BCUT2D eigenvalue weighted by Crippen LogP contribution is -2.27. The molecule has 0 saturated heterocycles. The number of hydrogen-bond acceptors (Lipinski definition) is 3. The van der Waals surface area contributed by atoms with Crippen LogP contribution in [0.5, 0.6) is 0 Å². The van der Waals surface area contributed by atoms with Crippen LogP contribution in [0.4, 0.5) is 13.2 Å². The lowest BCUT2D eigenvalue weighted by atomic mass is 9.92. The Morgan fingerprint density at radius 1 is 1.18 bits per heavy atom. The fourth-order valence-electron chi connectivity index (χ4n) is 3.27. The topological polar surface area (TPSA) is 35.5 Å². The van der Waals surface area contributed by atoms with Crippen molar-refractivity contribution >= 4 is 19.4 Å². The SMILES string of the molecule is CCOP1(=O)O/C(=C\c2cccc(C)c2)c2cc(C(F)(F)F)ccc2C1(C)C. The number of alkyl halides is 3. The molecule has 3 rings (SSSR count). The van der Waals surface area contributed by atoms with E-state index in [0.29, 0.717) is 5.56 Å². The van der Waals surface area contributed by atoms with Crippen LogP contribution in [0, 0.1) is 6.92 Å². The van der Waals surface area contributed by atoms with Gasteiger partial charge in [-0.1, -0.05) is 35.9 Å². The first kappa shape index (κ1) is 20.7. The number of aryl methyl sites for hydroxylation is 1. The van der Waals surface area contributed by atoms with E-state index in [-0.39, 0.29) is 17.9 Å². The highest BCUT2D eigenvalue weighted by Crippen LogP contribution is 2.70. The zero-order valence-electron chi connectivity index (χ0n) is 16.1. The van der Waals surface area contributed by atoms with Crippen LogP contribution in [-0.2, 0) is 24.9 Å². The summed E-state index contributed by atoms with van der Waals surface area (Å²) in [6.45, 7) is 7.10. The molecule has 0 aliphatic carbocycles. The Morgan fingerprint density at radius 3 is 2.50 bits per heavy atom. The van der Waals surface area contributed by atoms with Gasteiger partial charge in [0.25, 0.3) is 0 Å². The van der Waals surface area contributed by atoms with E-state index in [2.05, 4.69) is 0 Å². The van der Waals surface area contributed by atoms with Crippen molar-refractivity contribution in [2.24, 2.45) is 0 Å². The summed E-state index contributed by atoms with van der Waals surface area (Å²) in [7, 11) is -3.66. The summed E-state index contributed by atoms with van der Waals surface area (Å²) in [6, 6.07) is 10.9. The van der Waals surface area contributed by atoms with Gasteiger partial charge in [0.15, 0.2) is 0 Å². The van der Waals surface area contributed by atoms with E-state index in [4.69, 9.17) is 9.05 Å². The van der Waals surface area contributed by atoms with E-state index in [1.807, 2.05) is 31.2 Å². The van der Waals surface area contributed by atoms with Gasteiger partial charge in [-0.25, -0.2) is 4.57 Å². The Morgan fingerprint density at radius 2 is 1.89 bits per heavy atom. The second-order valence-corrected chi connectivity index (χ2v) is 9.80. The molecule has 0 bridgehead atoms. The molecule has 1 aliphatic rings. The van der Waals surface area contributed by atoms with Gasteiger partial charge < -0.3 is 4.52 Å². The molecule has 1 aliphatic heterocycles. The first-order valence-corrected chi connectivity index (χ1v) is 10.5. The number of benzene rings is 2. The van der Waals surface area contributed by atoms with E-state index in [1.165, 1.54) is 6.07 Å². The van der Waals surface area contributed by atoms with Crippen molar-refractivity contribution in [1.82, 2.24) is 0 Å². The smallest absolute Gasteiger partial charge is 0.416 e. The Bertz CT molecular complexity index is 977. The normalized spacial score (nSPS) is 22.6. The van der Waals surface area contributed by atoms with Crippen molar-refractivity contribution in [1.29, 1.82) is 0 Å².